The fourth-order valence-corrected chi connectivity index (χ4v) is 2.59. The molecule has 0 aliphatic heterocycles. The number of halogens is 1. The Balaban J connectivity index is 1.69. The van der Waals surface area contributed by atoms with E-state index in [4.69, 9.17) is 0 Å². The Kier molecular flexibility index (Phi) is 5.07. The van der Waals surface area contributed by atoms with E-state index < -0.39 is 0 Å². The lowest BCUT2D eigenvalue weighted by Crippen LogP contribution is -2.28. The summed E-state index contributed by atoms with van der Waals surface area (Å²) < 4.78 is 13.1. The molecule has 2 heterocycles. The van der Waals surface area contributed by atoms with Gasteiger partial charge in [0, 0.05) is 18.2 Å². The third kappa shape index (κ3) is 4.11. The van der Waals surface area contributed by atoms with Crippen molar-refractivity contribution in [2.45, 2.75) is 19.3 Å². The lowest BCUT2D eigenvalue weighted by Gasteiger charge is -2.25. The van der Waals surface area contributed by atoms with E-state index in [1.165, 1.54) is 12.1 Å². The number of nitrogens with one attached hydrogen (secondary N) is 1. The largest absolute Gasteiger partial charge is 0.368 e. The zero-order chi connectivity index (χ0) is 18.6. The summed E-state index contributed by atoms with van der Waals surface area (Å²) in [5, 5.41) is 11.8. The van der Waals surface area contributed by atoms with Crippen molar-refractivity contribution in [3.8, 4) is 11.4 Å². The minimum Gasteiger partial charge on any atom is -0.368 e. The van der Waals surface area contributed by atoms with E-state index in [0.29, 0.717) is 18.1 Å². The maximum absolute atomic E-state index is 13.1. The normalized spacial score (nSPS) is 11.2. The number of benzene rings is 1. The van der Waals surface area contributed by atoms with Crippen molar-refractivity contribution in [2.75, 3.05) is 11.9 Å². The quantitative estimate of drug-likeness (QED) is 0.701. The van der Waals surface area contributed by atoms with E-state index >= 15 is 0 Å². The Morgan fingerprint density at radius 2 is 1.81 bits per heavy atom. The first-order valence-electron chi connectivity index (χ1n) is 8.40. The van der Waals surface area contributed by atoms with E-state index in [9.17, 15) is 4.39 Å². The van der Waals surface area contributed by atoms with Gasteiger partial charge >= 0.3 is 0 Å². The highest BCUT2D eigenvalue weighted by atomic mass is 19.1. The molecule has 0 spiro atoms. The minimum atomic E-state index is -0.229. The summed E-state index contributed by atoms with van der Waals surface area (Å²) in [6.07, 6.45) is 3.50. The van der Waals surface area contributed by atoms with Gasteiger partial charge in [-0.25, -0.2) is 4.39 Å². The summed E-state index contributed by atoms with van der Waals surface area (Å²) >= 11 is 0. The third-order valence-corrected chi connectivity index (χ3v) is 4.28. The maximum Gasteiger partial charge on any atom is 0.148 e. The molecule has 0 saturated heterocycles. The van der Waals surface area contributed by atoms with E-state index in [0.717, 1.165) is 16.8 Å². The number of hydrogen-bond acceptors (Lipinski definition) is 4. The Hall–Kier alpha value is -3.08. The maximum atomic E-state index is 13.1. The number of aromatic nitrogens is 3. The Bertz CT molecular complexity index is 887. The fourth-order valence-electron chi connectivity index (χ4n) is 2.59. The van der Waals surface area contributed by atoms with Gasteiger partial charge in [0.25, 0.3) is 0 Å². The van der Waals surface area contributed by atoms with Gasteiger partial charge in [-0.3, -0.25) is 4.98 Å². The molecule has 132 valence electrons. The van der Waals surface area contributed by atoms with E-state index in [1.807, 2.05) is 36.4 Å². The molecule has 0 saturated carbocycles. The Morgan fingerprint density at radius 1 is 1.04 bits per heavy atom. The van der Waals surface area contributed by atoms with Crippen LogP contribution in [0.2, 0.25) is 0 Å². The van der Waals surface area contributed by atoms with Crippen LogP contribution in [0.5, 0.6) is 0 Å². The van der Waals surface area contributed by atoms with Crippen molar-refractivity contribution in [3.05, 3.63) is 78.3 Å². The molecule has 0 bridgehead atoms. The molecular formula is C21H21FN4. The first-order valence-corrected chi connectivity index (χ1v) is 8.40. The predicted octanol–water partition coefficient (Wildman–Crippen LogP) is 4.71. The number of pyridine rings is 1. The van der Waals surface area contributed by atoms with Crippen molar-refractivity contribution in [3.63, 3.8) is 0 Å². The lowest BCUT2D eigenvalue weighted by molar-refractivity contribution is 0.552. The van der Waals surface area contributed by atoms with Crippen molar-refractivity contribution < 1.29 is 4.39 Å². The SMILES string of the molecule is C=Cc1ccnc(-c2ccc(NCC(C)(C)c3ccc(F)cc3)nn2)c1. The van der Waals surface area contributed by atoms with Crippen LogP contribution in [-0.2, 0) is 5.41 Å². The highest BCUT2D eigenvalue weighted by Gasteiger charge is 2.20. The fraction of sp³-hybridized carbons (Fsp3) is 0.190. The molecule has 1 N–H and O–H groups in total. The van der Waals surface area contributed by atoms with Gasteiger partial charge in [-0.15, -0.1) is 10.2 Å². The average molecular weight is 348 g/mol. The highest BCUT2D eigenvalue weighted by molar-refractivity contribution is 5.60. The predicted molar refractivity (Wildman–Crippen MR) is 103 cm³/mol. The van der Waals surface area contributed by atoms with Crippen LogP contribution in [0.3, 0.4) is 0 Å². The minimum absolute atomic E-state index is 0.173. The van der Waals surface area contributed by atoms with Crippen LogP contribution in [0.4, 0.5) is 10.2 Å². The zero-order valence-electron chi connectivity index (χ0n) is 14.9. The second-order valence-corrected chi connectivity index (χ2v) is 6.73. The van der Waals surface area contributed by atoms with Crippen LogP contribution < -0.4 is 5.32 Å². The summed E-state index contributed by atoms with van der Waals surface area (Å²) in [6, 6.07) is 14.2. The van der Waals surface area contributed by atoms with E-state index in [1.54, 1.807) is 12.3 Å². The average Bonchev–Trinajstić information content (AvgIpc) is 2.67. The van der Waals surface area contributed by atoms with Crippen LogP contribution in [0.15, 0.2) is 61.3 Å². The number of anilines is 1. The summed E-state index contributed by atoms with van der Waals surface area (Å²) in [6.45, 7) is 8.61. The van der Waals surface area contributed by atoms with Crippen molar-refractivity contribution in [2.24, 2.45) is 0 Å². The van der Waals surface area contributed by atoms with Crippen LogP contribution in [-0.4, -0.2) is 21.7 Å². The monoisotopic (exact) mass is 348 g/mol. The smallest absolute Gasteiger partial charge is 0.148 e. The molecule has 26 heavy (non-hydrogen) atoms. The molecule has 4 nitrogen and oxygen atoms in total. The number of nitrogens with zero attached hydrogens (tertiary/aromatic N) is 3. The molecule has 3 rings (SSSR count). The van der Waals surface area contributed by atoms with Crippen molar-refractivity contribution in [1.82, 2.24) is 15.2 Å². The molecule has 0 radical (unpaired) electrons. The molecule has 0 unspecified atom stereocenters. The topological polar surface area (TPSA) is 50.7 Å². The van der Waals surface area contributed by atoms with Crippen molar-refractivity contribution in [1.29, 1.82) is 0 Å². The van der Waals surface area contributed by atoms with Gasteiger partial charge in [-0.2, -0.15) is 0 Å². The Labute approximate surface area is 152 Å². The van der Waals surface area contributed by atoms with Gasteiger partial charge in [0.15, 0.2) is 0 Å². The van der Waals surface area contributed by atoms with Gasteiger partial charge in [0.05, 0.1) is 5.69 Å². The standard InChI is InChI=1S/C21H21FN4/c1-4-15-11-12-23-19(13-15)18-9-10-20(26-25-18)24-14-21(2,3)16-5-7-17(22)8-6-16/h4-13H,1,14H2,2-3H3,(H,24,26). The molecule has 0 aliphatic carbocycles. The van der Waals surface area contributed by atoms with Gasteiger partial charge in [-0.1, -0.05) is 38.6 Å². The first kappa shape index (κ1) is 17.7. The van der Waals surface area contributed by atoms with Crippen LogP contribution >= 0.6 is 0 Å². The van der Waals surface area contributed by atoms with Crippen molar-refractivity contribution >= 4 is 11.9 Å². The highest BCUT2D eigenvalue weighted by Crippen LogP contribution is 2.24. The zero-order valence-corrected chi connectivity index (χ0v) is 14.9. The molecule has 0 amide bonds. The summed E-state index contributed by atoms with van der Waals surface area (Å²) in [7, 11) is 0. The molecular weight excluding hydrogens is 327 g/mol. The Morgan fingerprint density at radius 3 is 2.46 bits per heavy atom. The molecule has 3 aromatic rings. The molecule has 1 aromatic carbocycles. The van der Waals surface area contributed by atoms with Gasteiger partial charge in [0.1, 0.15) is 17.3 Å². The lowest BCUT2D eigenvalue weighted by atomic mass is 9.84. The molecule has 0 aliphatic rings. The van der Waals surface area contributed by atoms with Gasteiger partial charge < -0.3 is 5.32 Å². The number of hydrogen-bond donors (Lipinski definition) is 1. The molecule has 0 fully saturated rings. The molecule has 0 atom stereocenters. The van der Waals surface area contributed by atoms with E-state index in [2.05, 4.69) is 40.9 Å². The summed E-state index contributed by atoms with van der Waals surface area (Å²) in [4.78, 5) is 4.32. The summed E-state index contributed by atoms with van der Waals surface area (Å²) in [5.41, 5.74) is 3.33. The van der Waals surface area contributed by atoms with E-state index in [-0.39, 0.29) is 11.2 Å². The molecule has 2 aromatic heterocycles. The molecule has 5 heteroatoms. The second kappa shape index (κ2) is 7.44. The number of rotatable bonds is 6. The summed E-state index contributed by atoms with van der Waals surface area (Å²) in [5.74, 6) is 0.455. The van der Waals surface area contributed by atoms with Gasteiger partial charge in [0.2, 0.25) is 0 Å². The van der Waals surface area contributed by atoms with Crippen LogP contribution in [0, 0.1) is 5.82 Å². The first-order chi connectivity index (χ1) is 12.5. The van der Waals surface area contributed by atoms with Crippen LogP contribution in [0.25, 0.3) is 17.5 Å². The van der Waals surface area contributed by atoms with Crippen LogP contribution in [0.1, 0.15) is 25.0 Å². The van der Waals surface area contributed by atoms with Gasteiger partial charge in [-0.05, 0) is 47.5 Å². The third-order valence-electron chi connectivity index (χ3n) is 4.28. The second-order valence-electron chi connectivity index (χ2n) is 6.73.